The van der Waals surface area contributed by atoms with Crippen LogP contribution in [0.1, 0.15) is 16.7 Å². The van der Waals surface area contributed by atoms with Crippen molar-refractivity contribution in [3.8, 4) is 17.3 Å². The number of hydrogen-bond acceptors (Lipinski definition) is 7. The van der Waals surface area contributed by atoms with E-state index in [1.54, 1.807) is 6.21 Å². The van der Waals surface area contributed by atoms with Gasteiger partial charge in [0.1, 0.15) is 11.6 Å². The van der Waals surface area contributed by atoms with Crippen molar-refractivity contribution in [2.24, 2.45) is 5.10 Å². The number of anilines is 1. The molecule has 0 aliphatic carbocycles. The molecule has 0 atom stereocenters. The summed E-state index contributed by atoms with van der Waals surface area (Å²) in [6.45, 7) is 3.17. The van der Waals surface area contributed by atoms with E-state index in [2.05, 4.69) is 37.5 Å². The number of H-pyrrole nitrogens is 1. The summed E-state index contributed by atoms with van der Waals surface area (Å²) in [5.74, 6) is 2.55. The van der Waals surface area contributed by atoms with Crippen molar-refractivity contribution in [1.29, 1.82) is 5.26 Å². The molecular weight excluding hydrogens is 408 g/mol. The quantitative estimate of drug-likeness (QED) is 0.460. The van der Waals surface area contributed by atoms with Gasteiger partial charge in [0.2, 0.25) is 5.95 Å². The fourth-order valence-electron chi connectivity index (χ4n) is 3.39. The number of hydrazone groups is 1. The number of hydrogen-bond donors (Lipinski definition) is 2. The van der Waals surface area contributed by atoms with E-state index in [4.69, 9.17) is 0 Å². The highest BCUT2D eigenvalue weighted by molar-refractivity contribution is 7.99. The number of benzene rings is 2. The third-order valence-electron chi connectivity index (χ3n) is 4.92. The molecule has 1 aliphatic rings. The first kappa shape index (κ1) is 20.8. The Kier molecular flexibility index (Phi) is 6.77. The lowest BCUT2D eigenvalue weighted by molar-refractivity contribution is 0.294. The summed E-state index contributed by atoms with van der Waals surface area (Å²) in [6, 6.07) is 19.3. The van der Waals surface area contributed by atoms with Crippen LogP contribution in [-0.2, 0) is 6.54 Å². The summed E-state index contributed by atoms with van der Waals surface area (Å²) in [5.41, 5.74) is 5.47. The first-order valence-electron chi connectivity index (χ1n) is 10.0. The predicted octanol–water partition coefficient (Wildman–Crippen LogP) is 3.30. The summed E-state index contributed by atoms with van der Waals surface area (Å²) in [7, 11) is 0. The highest BCUT2D eigenvalue weighted by Crippen LogP contribution is 2.19. The van der Waals surface area contributed by atoms with E-state index in [0.29, 0.717) is 11.3 Å². The predicted molar refractivity (Wildman–Crippen MR) is 125 cm³/mol. The zero-order chi connectivity index (χ0) is 21.5. The molecule has 7 nitrogen and oxygen atoms in total. The van der Waals surface area contributed by atoms with Gasteiger partial charge in [-0.15, -0.1) is 0 Å². The topological polar surface area (TPSA) is 97.2 Å². The molecule has 0 unspecified atom stereocenters. The van der Waals surface area contributed by atoms with Gasteiger partial charge in [0.15, 0.2) is 0 Å². The Morgan fingerprint density at radius 1 is 1.19 bits per heavy atom. The minimum absolute atomic E-state index is 0.0236. The molecule has 31 heavy (non-hydrogen) atoms. The second-order valence-electron chi connectivity index (χ2n) is 7.12. The minimum Gasteiger partial charge on any atom is -0.297 e. The van der Waals surface area contributed by atoms with Gasteiger partial charge in [-0.1, -0.05) is 48.5 Å². The van der Waals surface area contributed by atoms with Crippen molar-refractivity contribution in [3.63, 3.8) is 0 Å². The van der Waals surface area contributed by atoms with Crippen LogP contribution in [0, 0.1) is 11.3 Å². The van der Waals surface area contributed by atoms with Crippen molar-refractivity contribution in [2.75, 3.05) is 30.0 Å². The fraction of sp³-hybridized carbons (Fsp3) is 0.217. The number of aromatic amines is 1. The van der Waals surface area contributed by atoms with E-state index in [-0.39, 0.29) is 11.5 Å². The number of thioether (sulfide) groups is 1. The third kappa shape index (κ3) is 5.40. The Balaban J connectivity index is 1.49. The van der Waals surface area contributed by atoms with Crippen LogP contribution in [0.3, 0.4) is 0 Å². The van der Waals surface area contributed by atoms with Gasteiger partial charge in [-0.2, -0.15) is 22.1 Å². The van der Waals surface area contributed by atoms with Gasteiger partial charge in [0, 0.05) is 36.7 Å². The number of nitriles is 1. The second-order valence-corrected chi connectivity index (χ2v) is 8.34. The highest BCUT2D eigenvalue weighted by Gasteiger charge is 2.13. The van der Waals surface area contributed by atoms with Gasteiger partial charge < -0.3 is 0 Å². The summed E-state index contributed by atoms with van der Waals surface area (Å²) in [6.07, 6.45) is 1.69. The molecule has 0 radical (unpaired) electrons. The molecule has 8 heteroatoms. The summed E-state index contributed by atoms with van der Waals surface area (Å²) in [4.78, 5) is 21.7. The number of nitrogens with one attached hydrogen (secondary N) is 2. The number of rotatable bonds is 6. The van der Waals surface area contributed by atoms with Crippen molar-refractivity contribution in [3.05, 3.63) is 81.6 Å². The van der Waals surface area contributed by atoms with E-state index >= 15 is 0 Å². The van der Waals surface area contributed by atoms with Crippen LogP contribution in [0.2, 0.25) is 0 Å². The van der Waals surface area contributed by atoms with Crippen LogP contribution >= 0.6 is 11.8 Å². The Morgan fingerprint density at radius 2 is 2.00 bits per heavy atom. The molecule has 3 aromatic rings. The van der Waals surface area contributed by atoms with E-state index < -0.39 is 5.56 Å². The molecule has 2 N–H and O–H groups in total. The lowest BCUT2D eigenvalue weighted by Crippen LogP contribution is -2.31. The van der Waals surface area contributed by atoms with Crippen molar-refractivity contribution in [1.82, 2.24) is 14.9 Å². The van der Waals surface area contributed by atoms with E-state index in [0.717, 1.165) is 25.2 Å². The van der Waals surface area contributed by atoms with Crippen LogP contribution in [-0.4, -0.2) is 45.7 Å². The van der Waals surface area contributed by atoms with Crippen LogP contribution < -0.4 is 11.0 Å². The third-order valence-corrected chi connectivity index (χ3v) is 5.87. The zero-order valence-electron chi connectivity index (χ0n) is 16.9. The summed E-state index contributed by atoms with van der Waals surface area (Å²) >= 11 is 2.00. The van der Waals surface area contributed by atoms with Gasteiger partial charge in [0.25, 0.3) is 5.56 Å². The molecule has 4 rings (SSSR count). The first-order valence-corrected chi connectivity index (χ1v) is 11.2. The maximum Gasteiger partial charge on any atom is 0.270 e. The number of aromatic nitrogens is 2. The van der Waals surface area contributed by atoms with Crippen LogP contribution in [0.25, 0.3) is 11.3 Å². The molecule has 2 heterocycles. The molecule has 0 bridgehead atoms. The van der Waals surface area contributed by atoms with Gasteiger partial charge in [-0.3, -0.25) is 14.7 Å². The van der Waals surface area contributed by atoms with Crippen molar-refractivity contribution >= 4 is 23.9 Å². The Morgan fingerprint density at radius 3 is 2.77 bits per heavy atom. The monoisotopic (exact) mass is 430 g/mol. The maximum absolute atomic E-state index is 12.3. The molecule has 1 aliphatic heterocycles. The van der Waals surface area contributed by atoms with E-state index in [1.165, 1.54) is 17.1 Å². The standard InChI is InChI=1S/C23H22N6OS/c24-14-20-21(19-7-2-1-3-8-19)26-23(27-22(20)30)28-25-15-17-5-4-6-18(13-17)16-29-9-11-31-12-10-29/h1-8,13,15H,9-12,16H2,(H2,26,27,28,30). The molecule has 1 fully saturated rings. The molecule has 1 saturated heterocycles. The molecule has 0 saturated carbocycles. The first-order chi connectivity index (χ1) is 15.2. The van der Waals surface area contributed by atoms with Crippen molar-refractivity contribution in [2.45, 2.75) is 6.54 Å². The average Bonchev–Trinajstić information content (AvgIpc) is 2.80. The highest BCUT2D eigenvalue weighted by atomic mass is 32.2. The van der Waals surface area contributed by atoms with Gasteiger partial charge in [-0.25, -0.2) is 10.4 Å². The number of nitrogens with zero attached hydrogens (tertiary/aromatic N) is 4. The molecule has 1 aromatic heterocycles. The molecule has 156 valence electrons. The summed E-state index contributed by atoms with van der Waals surface area (Å²) in [5, 5.41) is 13.6. The summed E-state index contributed by atoms with van der Waals surface area (Å²) < 4.78 is 0. The van der Waals surface area contributed by atoms with E-state index in [1.807, 2.05) is 60.3 Å². The molecular formula is C23H22N6OS. The molecule has 0 amide bonds. The van der Waals surface area contributed by atoms with Crippen LogP contribution in [0.4, 0.5) is 5.95 Å². The molecule has 2 aromatic carbocycles. The normalized spacial score (nSPS) is 14.4. The maximum atomic E-state index is 12.3. The largest absolute Gasteiger partial charge is 0.297 e. The smallest absolute Gasteiger partial charge is 0.270 e. The Hall–Kier alpha value is -3.41. The van der Waals surface area contributed by atoms with Crippen LogP contribution in [0.15, 0.2) is 64.5 Å². The van der Waals surface area contributed by atoms with Gasteiger partial charge >= 0.3 is 0 Å². The lowest BCUT2D eigenvalue weighted by Gasteiger charge is -2.26. The van der Waals surface area contributed by atoms with Gasteiger partial charge in [0.05, 0.1) is 11.9 Å². The minimum atomic E-state index is -0.504. The lowest BCUT2D eigenvalue weighted by atomic mass is 10.1. The van der Waals surface area contributed by atoms with E-state index in [9.17, 15) is 10.1 Å². The zero-order valence-corrected chi connectivity index (χ0v) is 17.7. The fourth-order valence-corrected chi connectivity index (χ4v) is 4.37. The Labute approximate surface area is 184 Å². The SMILES string of the molecule is N#Cc1c(-c2ccccc2)nc(NN=Cc2cccc(CN3CCSCC3)c2)[nH]c1=O. The Bertz CT molecular complexity index is 1160. The second kappa shape index (κ2) is 10.1. The van der Waals surface area contributed by atoms with Crippen molar-refractivity contribution < 1.29 is 0 Å². The average molecular weight is 431 g/mol. The molecule has 0 spiro atoms. The van der Waals surface area contributed by atoms with Crippen LogP contribution in [0.5, 0.6) is 0 Å². The van der Waals surface area contributed by atoms with Gasteiger partial charge in [-0.05, 0) is 17.2 Å².